The summed E-state index contributed by atoms with van der Waals surface area (Å²) >= 11 is 0. The highest BCUT2D eigenvalue weighted by atomic mass is 16.8. The molecule has 0 unspecified atom stereocenters. The minimum Gasteiger partial charge on any atom is -0.394 e. The molecule has 550 valence electrons. The molecule has 0 saturated carbocycles. The number of hydrogen-bond donors (Lipinski definition) is 24. The Morgan fingerprint density at radius 2 is 0.747 bits per heavy atom. The van der Waals surface area contributed by atoms with E-state index in [0.717, 1.165) is 20.8 Å². The van der Waals surface area contributed by atoms with Crippen molar-refractivity contribution < 1.29 is 193 Å². The van der Waals surface area contributed by atoms with E-state index in [1.807, 2.05) is 0 Å². The number of amides is 3. The normalized spacial score (nSPS) is 49.9. The first-order chi connectivity index (χ1) is 44.9. The summed E-state index contributed by atoms with van der Waals surface area (Å²) in [5, 5.41) is 238. The average molecular weight is 1390 g/mol. The van der Waals surface area contributed by atoms with Crippen LogP contribution in [0.25, 0.3) is 0 Å². The third-order valence-electron chi connectivity index (χ3n) is 17.4. The predicted molar refractivity (Wildman–Crippen MR) is 292 cm³/mol. The van der Waals surface area contributed by atoms with Crippen molar-refractivity contribution in [2.75, 3.05) is 46.2 Å². The quantitative estimate of drug-likeness (QED) is 0.0452. The molecule has 0 bridgehead atoms. The van der Waals surface area contributed by atoms with E-state index in [0.29, 0.717) is 0 Å². The fourth-order valence-corrected chi connectivity index (χ4v) is 12.2. The number of carbonyl (C=O) groups excluding carboxylic acids is 3. The van der Waals surface area contributed by atoms with Crippen LogP contribution in [0.3, 0.4) is 0 Å². The van der Waals surface area contributed by atoms with Gasteiger partial charge in [0.2, 0.25) is 17.7 Å². The van der Waals surface area contributed by atoms with E-state index in [1.165, 1.54) is 6.92 Å². The molecule has 39 atom stereocenters. The van der Waals surface area contributed by atoms with Gasteiger partial charge in [-0.15, -0.1) is 0 Å². The summed E-state index contributed by atoms with van der Waals surface area (Å²) in [7, 11) is 0. The molecule has 24 N–H and O–H groups in total. The highest BCUT2D eigenvalue weighted by molar-refractivity contribution is 5.74. The molecule has 0 aromatic rings. The van der Waals surface area contributed by atoms with Crippen LogP contribution in [-0.2, 0) is 85.4 Å². The second-order valence-corrected chi connectivity index (χ2v) is 24.2. The summed E-state index contributed by atoms with van der Waals surface area (Å²) in [6.45, 7) is -2.89. The van der Waals surface area contributed by atoms with Gasteiger partial charge in [0, 0.05) is 20.8 Å². The zero-order valence-electron chi connectivity index (χ0n) is 51.2. The molecule has 0 aromatic heterocycles. The van der Waals surface area contributed by atoms with E-state index >= 15 is 0 Å². The third kappa shape index (κ3) is 17.1. The van der Waals surface area contributed by atoms with E-state index < -0.39 is 303 Å². The van der Waals surface area contributed by atoms with Crippen LogP contribution >= 0.6 is 0 Å². The van der Waals surface area contributed by atoms with Crippen LogP contribution in [0.2, 0.25) is 0 Å². The van der Waals surface area contributed by atoms with Gasteiger partial charge in [-0.1, -0.05) is 0 Å². The van der Waals surface area contributed by atoms with Gasteiger partial charge in [-0.3, -0.25) is 14.4 Å². The minimum atomic E-state index is -2.38. The Labute approximate surface area is 538 Å². The minimum absolute atomic E-state index is 0.767. The van der Waals surface area contributed by atoms with Gasteiger partial charge in [0.1, 0.15) is 183 Å². The number of rotatable bonds is 23. The number of aliphatic hydroxyl groups is 21. The molecule has 8 fully saturated rings. The first kappa shape index (κ1) is 77.7. The Morgan fingerprint density at radius 1 is 0.337 bits per heavy atom. The maximum absolute atomic E-state index is 13.2. The fraction of sp³-hybridized carbons (Fsp3) is 0.943. The summed E-state index contributed by atoms with van der Waals surface area (Å²) in [5.74, 6) is -2.59. The average Bonchev–Trinajstić information content (AvgIpc) is 0.772. The maximum atomic E-state index is 13.2. The second-order valence-electron chi connectivity index (χ2n) is 24.2. The van der Waals surface area contributed by atoms with Crippen LogP contribution in [-0.4, -0.2) is 411 Å². The van der Waals surface area contributed by atoms with E-state index in [4.69, 9.17) is 71.1 Å². The third-order valence-corrected chi connectivity index (χ3v) is 17.4. The van der Waals surface area contributed by atoms with Gasteiger partial charge in [0.15, 0.2) is 50.3 Å². The van der Waals surface area contributed by atoms with Crippen LogP contribution in [0.1, 0.15) is 27.7 Å². The molecule has 0 aliphatic carbocycles. The summed E-state index contributed by atoms with van der Waals surface area (Å²) in [5.41, 5.74) is 0. The first-order valence-corrected chi connectivity index (χ1v) is 30.4. The van der Waals surface area contributed by atoms with Gasteiger partial charge in [-0.2, -0.15) is 0 Å². The van der Waals surface area contributed by atoms with Gasteiger partial charge in [0.25, 0.3) is 0 Å². The molecule has 8 aliphatic rings. The predicted octanol–water partition coefficient (Wildman–Crippen LogP) is -16.4. The molecule has 0 radical (unpaired) electrons. The molecule has 8 saturated heterocycles. The van der Waals surface area contributed by atoms with Crippen molar-refractivity contribution in [3.05, 3.63) is 0 Å². The van der Waals surface area contributed by atoms with Crippen molar-refractivity contribution in [3.63, 3.8) is 0 Å². The Bertz CT molecular complexity index is 2440. The van der Waals surface area contributed by atoms with Crippen molar-refractivity contribution in [2.24, 2.45) is 0 Å². The molecule has 0 spiro atoms. The van der Waals surface area contributed by atoms with Crippen LogP contribution in [0, 0.1) is 0 Å². The lowest BCUT2D eigenvalue weighted by atomic mass is 9.93. The highest BCUT2D eigenvalue weighted by Gasteiger charge is 2.60. The topological polar surface area (TPSA) is 651 Å². The number of hydrogen-bond acceptors (Lipinski definition) is 39. The molecule has 3 amide bonds. The molecule has 8 aliphatic heterocycles. The van der Waals surface area contributed by atoms with E-state index in [1.54, 1.807) is 0 Å². The number of ether oxygens (including phenoxy) is 15. The monoisotopic (exact) mass is 1390 g/mol. The zero-order valence-corrected chi connectivity index (χ0v) is 51.2. The van der Waals surface area contributed by atoms with Crippen LogP contribution in [0.4, 0.5) is 0 Å². The van der Waals surface area contributed by atoms with E-state index in [2.05, 4.69) is 16.0 Å². The summed E-state index contributed by atoms with van der Waals surface area (Å²) < 4.78 is 89.5. The van der Waals surface area contributed by atoms with Gasteiger partial charge in [-0.25, -0.2) is 0 Å². The van der Waals surface area contributed by atoms with Crippen molar-refractivity contribution in [1.29, 1.82) is 0 Å². The van der Waals surface area contributed by atoms with Gasteiger partial charge in [-0.05, 0) is 6.92 Å². The number of carbonyl (C=O) groups is 3. The molecular weight excluding hydrogens is 1300 g/mol. The van der Waals surface area contributed by atoms with E-state index in [9.17, 15) is 122 Å². The van der Waals surface area contributed by atoms with Crippen LogP contribution < -0.4 is 16.0 Å². The van der Waals surface area contributed by atoms with Crippen molar-refractivity contribution in [2.45, 2.75) is 267 Å². The molecule has 8 heterocycles. The zero-order chi connectivity index (χ0) is 69.9. The fourth-order valence-electron chi connectivity index (χ4n) is 12.2. The van der Waals surface area contributed by atoms with Gasteiger partial charge < -0.3 is 194 Å². The lowest BCUT2D eigenvalue weighted by Gasteiger charge is -2.52. The molecule has 0 aromatic carbocycles. The van der Waals surface area contributed by atoms with Crippen molar-refractivity contribution in [3.8, 4) is 0 Å². The van der Waals surface area contributed by atoms with E-state index in [-0.39, 0.29) is 0 Å². The lowest BCUT2D eigenvalue weighted by Crippen LogP contribution is -2.71. The van der Waals surface area contributed by atoms with Gasteiger partial charge in [0.05, 0.1) is 52.4 Å². The van der Waals surface area contributed by atoms with Crippen molar-refractivity contribution in [1.82, 2.24) is 16.0 Å². The Morgan fingerprint density at radius 3 is 1.32 bits per heavy atom. The summed E-state index contributed by atoms with van der Waals surface area (Å²) in [4.78, 5) is 38.2. The number of aliphatic hydroxyl groups excluding tert-OH is 21. The largest absolute Gasteiger partial charge is 0.394 e. The summed E-state index contributed by atoms with van der Waals surface area (Å²) in [6, 6.07) is -5.38. The number of nitrogens with one attached hydrogen (secondary N) is 3. The molecular formula is C53H89N3O39. The lowest BCUT2D eigenvalue weighted by molar-refractivity contribution is -0.406. The summed E-state index contributed by atoms with van der Waals surface area (Å²) in [6.07, 6.45) is -72.1. The molecule has 8 rings (SSSR count). The van der Waals surface area contributed by atoms with Crippen LogP contribution in [0.5, 0.6) is 0 Å². The molecule has 42 nitrogen and oxygen atoms in total. The van der Waals surface area contributed by atoms with Crippen molar-refractivity contribution >= 4 is 17.7 Å². The Hall–Kier alpha value is -3.03. The maximum Gasteiger partial charge on any atom is 0.217 e. The molecule has 42 heteroatoms. The standard InChI is InChI=1S/C53H89N3O39/c1-12-26(66)34(74)38(78)50(83-12)92-42-25(56-15(4)64)46(80)84-21(9-61)41(42)91-48-24(55-14(3)63)33(73)40(20(8-60)88-48)90-53-45(95-49-37(77)27(67)16(65)10-81-49)43(93-51-39(79)35(75)29(69)18(6-58)86-51)31(71)22(89-53)11-82-52-44(36(76)30(70)19(7-59)87-52)94-47-23(54-13(2)62)32(72)28(68)17(5-57)85-47/h12,16-53,57-61,65-80H,5-11H2,1-4H3,(H,54,62)(H,55,63)(H,56,64)/t12-,16+,17+,18+,19+,20+,21+,22+,23+,24+,25+,26+,27-,28+,29+,30+,31+,32+,33+,34+,35-,36-,37+,38-,39-,40+,41+,42+,43-,44-,45-,46+,47-,48-,49+,50-,51+,52-,53-/m0/s1. The van der Waals surface area contributed by atoms with Crippen LogP contribution in [0.15, 0.2) is 0 Å². The Balaban J connectivity index is 1.17. The SMILES string of the molecule is CC(=O)N[C@@H]1[C@@H](O[C@@H]2O[C@@H](C)[C@@H](O)[C@@H](O)[C@@H]2O)[C@H](O[C@@H]2O[C@H](CO)[C@@H](O[C@@H]3O[C@H](CO[C@H]4O[C@H](CO)[C@@H](O)[C@H](O)[C@@H]4O[C@@H]4O[C@H](CO)[C@@H](O)[C@H](O)[C@H]4NC(C)=O)[C@@H](O)[C@H](O[C@H]4O[C@H](CO)[C@@H](O)[C@H](O)[C@@H]4O)[C@@H]3O[C@H]3OC[C@@H](O)[C@H](O)[C@H]3O)[C@H](O)[C@H]2NC(C)=O)[C@@H](CO)O[C@H]1O. The smallest absolute Gasteiger partial charge is 0.217 e. The van der Waals surface area contributed by atoms with Gasteiger partial charge >= 0.3 is 0 Å². The first-order valence-electron chi connectivity index (χ1n) is 30.4. The molecule has 95 heavy (non-hydrogen) atoms. The highest BCUT2D eigenvalue weighted by Crippen LogP contribution is 2.39. The Kier molecular flexibility index (Phi) is 27.5. The second kappa shape index (κ2) is 33.6.